The second-order valence-corrected chi connectivity index (χ2v) is 8.44. The molecule has 0 amide bonds. The maximum absolute atomic E-state index is 14.2. The van der Waals surface area contributed by atoms with Gasteiger partial charge in [-0.2, -0.15) is 0 Å². The zero-order valence-corrected chi connectivity index (χ0v) is 16.7. The monoisotopic (exact) mass is 467 g/mol. The Labute approximate surface area is 162 Å². The highest BCUT2D eigenvalue weighted by molar-refractivity contribution is 9.09. The number of rotatable bonds is 7. The van der Waals surface area contributed by atoms with E-state index < -0.39 is 56.2 Å². The van der Waals surface area contributed by atoms with Gasteiger partial charge in [0.1, 0.15) is 11.6 Å². The highest BCUT2D eigenvalue weighted by atomic mass is 79.9. The summed E-state index contributed by atoms with van der Waals surface area (Å²) in [5, 5.41) is 0.412. The molecule has 1 aromatic carbocycles. The van der Waals surface area contributed by atoms with Crippen molar-refractivity contribution in [3.8, 4) is 0 Å². The SMILES string of the molecule is CC(=O)OC1=C(NS(=O)(=O)CCCBr)OC(C)(c2cc(F)ccc2F)C1=O. The summed E-state index contributed by atoms with van der Waals surface area (Å²) in [5.41, 5.74) is -2.59. The molecule has 148 valence electrons. The molecule has 1 unspecified atom stereocenters. The summed E-state index contributed by atoms with van der Waals surface area (Å²) in [6.07, 6.45) is 0.259. The maximum Gasteiger partial charge on any atom is 0.308 e. The number of halogens is 3. The van der Waals surface area contributed by atoms with Crippen molar-refractivity contribution in [2.24, 2.45) is 0 Å². The second kappa shape index (κ2) is 7.93. The number of carbonyl (C=O) groups is 2. The Morgan fingerprint density at radius 1 is 1.37 bits per heavy atom. The summed E-state index contributed by atoms with van der Waals surface area (Å²) in [7, 11) is -3.94. The maximum atomic E-state index is 14.2. The number of carbonyl (C=O) groups excluding carboxylic acids is 2. The van der Waals surface area contributed by atoms with E-state index in [0.29, 0.717) is 5.33 Å². The summed E-state index contributed by atoms with van der Waals surface area (Å²) >= 11 is 3.10. The van der Waals surface area contributed by atoms with Gasteiger partial charge in [-0.25, -0.2) is 17.2 Å². The number of hydrogen-bond acceptors (Lipinski definition) is 6. The minimum atomic E-state index is -3.94. The van der Waals surface area contributed by atoms with E-state index in [4.69, 9.17) is 9.47 Å². The molecule has 11 heteroatoms. The van der Waals surface area contributed by atoms with Gasteiger partial charge in [0.25, 0.3) is 5.78 Å². The first-order valence-corrected chi connectivity index (χ1v) is 10.5. The predicted molar refractivity (Wildman–Crippen MR) is 93.9 cm³/mol. The number of ketones is 1. The van der Waals surface area contributed by atoms with Gasteiger partial charge in [0.15, 0.2) is 0 Å². The molecular weight excluding hydrogens is 452 g/mol. The molecule has 1 atom stereocenters. The second-order valence-electron chi connectivity index (χ2n) is 5.80. The van der Waals surface area contributed by atoms with Crippen molar-refractivity contribution >= 4 is 37.7 Å². The van der Waals surface area contributed by atoms with Gasteiger partial charge >= 0.3 is 5.97 Å². The molecule has 1 heterocycles. The van der Waals surface area contributed by atoms with Crippen LogP contribution in [0, 0.1) is 11.6 Å². The summed E-state index contributed by atoms with van der Waals surface area (Å²) < 4.78 is 64.2. The molecule has 27 heavy (non-hydrogen) atoms. The smallest absolute Gasteiger partial charge is 0.308 e. The molecule has 0 radical (unpaired) electrons. The van der Waals surface area contributed by atoms with E-state index in [-0.39, 0.29) is 12.2 Å². The quantitative estimate of drug-likeness (QED) is 0.487. The van der Waals surface area contributed by atoms with E-state index in [2.05, 4.69) is 15.9 Å². The molecule has 0 spiro atoms. The molecule has 0 saturated heterocycles. The summed E-state index contributed by atoms with van der Waals surface area (Å²) in [6, 6.07) is 2.41. The lowest BCUT2D eigenvalue weighted by Crippen LogP contribution is -2.34. The average Bonchev–Trinajstić information content (AvgIpc) is 2.79. The third kappa shape index (κ3) is 4.64. The molecule has 2 rings (SSSR count). The molecule has 0 aromatic heterocycles. The van der Waals surface area contributed by atoms with Crippen LogP contribution in [0.1, 0.15) is 25.8 Å². The summed E-state index contributed by atoms with van der Waals surface area (Å²) in [5.74, 6) is -5.41. The summed E-state index contributed by atoms with van der Waals surface area (Å²) in [6.45, 7) is 2.12. The van der Waals surface area contributed by atoms with Crippen LogP contribution in [0.25, 0.3) is 0 Å². The zero-order valence-electron chi connectivity index (χ0n) is 14.3. The number of alkyl halides is 1. The Morgan fingerprint density at radius 2 is 2.04 bits per heavy atom. The molecule has 7 nitrogen and oxygen atoms in total. The van der Waals surface area contributed by atoms with E-state index in [1.807, 2.05) is 4.72 Å². The van der Waals surface area contributed by atoms with Gasteiger partial charge in [0.2, 0.25) is 27.3 Å². The van der Waals surface area contributed by atoms with Gasteiger partial charge in [0, 0.05) is 17.8 Å². The summed E-state index contributed by atoms with van der Waals surface area (Å²) in [4.78, 5) is 24.1. The first-order chi connectivity index (χ1) is 12.5. The topological polar surface area (TPSA) is 98.8 Å². The van der Waals surface area contributed by atoms with Crippen molar-refractivity contribution in [1.29, 1.82) is 0 Å². The predicted octanol–water partition coefficient (Wildman–Crippen LogP) is 2.22. The van der Waals surface area contributed by atoms with Crippen LogP contribution in [0.5, 0.6) is 0 Å². The van der Waals surface area contributed by atoms with Crippen LogP contribution in [0.2, 0.25) is 0 Å². The van der Waals surface area contributed by atoms with E-state index in [1.165, 1.54) is 0 Å². The number of Topliss-reactive ketones (excluding diaryl/α,β-unsaturated/α-hetero) is 1. The van der Waals surface area contributed by atoms with Crippen molar-refractivity contribution in [2.75, 3.05) is 11.1 Å². The van der Waals surface area contributed by atoms with E-state index in [0.717, 1.165) is 32.0 Å². The third-order valence-electron chi connectivity index (χ3n) is 3.63. The Kier molecular flexibility index (Phi) is 6.25. The minimum absolute atomic E-state index is 0.259. The van der Waals surface area contributed by atoms with Crippen LogP contribution >= 0.6 is 15.9 Å². The van der Waals surface area contributed by atoms with Gasteiger partial charge in [0.05, 0.1) is 5.75 Å². The van der Waals surface area contributed by atoms with Crippen LogP contribution in [-0.4, -0.2) is 31.3 Å². The number of esters is 1. The van der Waals surface area contributed by atoms with Gasteiger partial charge in [-0.1, -0.05) is 15.9 Å². The molecule has 0 fully saturated rings. The lowest BCUT2D eigenvalue weighted by Gasteiger charge is -2.24. The first-order valence-electron chi connectivity index (χ1n) is 7.68. The van der Waals surface area contributed by atoms with Gasteiger partial charge < -0.3 is 9.47 Å². The molecule has 0 saturated carbocycles. The molecule has 1 N–H and O–H groups in total. The van der Waals surface area contributed by atoms with Crippen LogP contribution in [0.3, 0.4) is 0 Å². The Bertz CT molecular complexity index is 917. The fourth-order valence-electron chi connectivity index (χ4n) is 2.40. The Hall–Kier alpha value is -2.01. The lowest BCUT2D eigenvalue weighted by atomic mass is 9.91. The molecule has 0 bridgehead atoms. The highest BCUT2D eigenvalue weighted by Crippen LogP contribution is 2.40. The van der Waals surface area contributed by atoms with Crippen molar-refractivity contribution in [3.63, 3.8) is 0 Å². The Balaban J connectivity index is 2.47. The van der Waals surface area contributed by atoms with Crippen LogP contribution in [0.15, 0.2) is 29.8 Å². The molecule has 0 aliphatic carbocycles. The number of sulfonamides is 1. The van der Waals surface area contributed by atoms with Gasteiger partial charge in [-0.05, 0) is 31.5 Å². The molecule has 1 aliphatic heterocycles. The molecule has 1 aromatic rings. The first kappa shape index (κ1) is 21.3. The molecular formula is C16H16BrF2NO6S. The van der Waals surface area contributed by atoms with Crippen molar-refractivity contribution in [3.05, 3.63) is 47.0 Å². The fourth-order valence-corrected chi connectivity index (χ4v) is 4.09. The fraction of sp³-hybridized carbons (Fsp3) is 0.375. The third-order valence-corrected chi connectivity index (χ3v) is 5.52. The number of hydrogen-bond donors (Lipinski definition) is 1. The standard InChI is InChI=1S/C16H16BrF2NO6S/c1-9(21)25-13-14(22)16(2,11-8-10(18)4-5-12(11)19)26-15(13)20-27(23,24)7-3-6-17/h4-5,8,20H,3,6-7H2,1-2H3. The minimum Gasteiger partial charge on any atom is -0.456 e. The van der Waals surface area contributed by atoms with Gasteiger partial charge in [-0.15, -0.1) is 0 Å². The number of nitrogens with one attached hydrogen (secondary N) is 1. The van der Waals surface area contributed by atoms with Crippen LogP contribution < -0.4 is 4.72 Å². The number of ether oxygens (including phenoxy) is 2. The lowest BCUT2D eigenvalue weighted by molar-refractivity contribution is -0.142. The van der Waals surface area contributed by atoms with Gasteiger partial charge in [-0.3, -0.25) is 14.3 Å². The average molecular weight is 468 g/mol. The molecule has 1 aliphatic rings. The Morgan fingerprint density at radius 3 is 2.63 bits per heavy atom. The van der Waals surface area contributed by atoms with Crippen LogP contribution in [0.4, 0.5) is 8.78 Å². The van der Waals surface area contributed by atoms with E-state index in [1.54, 1.807) is 0 Å². The van der Waals surface area contributed by atoms with Crippen molar-refractivity contribution in [2.45, 2.75) is 25.9 Å². The van der Waals surface area contributed by atoms with Crippen LogP contribution in [-0.2, 0) is 34.7 Å². The largest absolute Gasteiger partial charge is 0.456 e. The number of benzene rings is 1. The normalized spacial score (nSPS) is 19.8. The van der Waals surface area contributed by atoms with E-state index in [9.17, 15) is 26.8 Å². The highest BCUT2D eigenvalue weighted by Gasteiger charge is 2.51. The van der Waals surface area contributed by atoms with E-state index >= 15 is 0 Å². The van der Waals surface area contributed by atoms with Crippen molar-refractivity contribution in [1.82, 2.24) is 4.72 Å². The van der Waals surface area contributed by atoms with Crippen molar-refractivity contribution < 1.29 is 36.3 Å². The zero-order chi connectivity index (χ0) is 20.4.